The second-order valence-electron chi connectivity index (χ2n) is 3.71. The van der Waals surface area contributed by atoms with Crippen LogP contribution in [0, 0.1) is 18.6 Å². The van der Waals surface area contributed by atoms with Crippen molar-refractivity contribution in [2.24, 2.45) is 0 Å². The van der Waals surface area contributed by atoms with E-state index < -0.39 is 17.4 Å². The van der Waals surface area contributed by atoms with E-state index in [1.54, 1.807) is 13.0 Å². The zero-order chi connectivity index (χ0) is 12.4. The number of ketones is 1. The van der Waals surface area contributed by atoms with Crippen LogP contribution in [0.1, 0.15) is 21.6 Å². The molecule has 0 amide bonds. The Bertz CT molecular complexity index is 544. The van der Waals surface area contributed by atoms with E-state index in [0.29, 0.717) is 5.56 Å². The summed E-state index contributed by atoms with van der Waals surface area (Å²) in [5.41, 5.74) is 0.952. The van der Waals surface area contributed by atoms with Gasteiger partial charge in [0, 0.05) is 5.56 Å². The molecule has 0 atom stereocenters. The standard InChI is InChI=1S/C13H9F2NO/c1-8-4-9(6-11(15)5-8)13(17)12-3-2-10(14)7-16-12/h2-7H,1H3. The highest BCUT2D eigenvalue weighted by Gasteiger charge is 2.12. The highest BCUT2D eigenvalue weighted by atomic mass is 19.1. The van der Waals surface area contributed by atoms with Crippen LogP contribution in [0.5, 0.6) is 0 Å². The number of carbonyl (C=O) groups excluding carboxylic acids is 1. The molecule has 0 N–H and O–H groups in total. The molecule has 0 bridgehead atoms. The van der Waals surface area contributed by atoms with Crippen LogP contribution in [0.4, 0.5) is 8.78 Å². The minimum absolute atomic E-state index is 0.0939. The van der Waals surface area contributed by atoms with Crippen LogP contribution >= 0.6 is 0 Å². The first kappa shape index (κ1) is 11.4. The summed E-state index contributed by atoms with van der Waals surface area (Å²) in [4.78, 5) is 15.6. The van der Waals surface area contributed by atoms with Crippen molar-refractivity contribution in [3.63, 3.8) is 0 Å². The first-order valence-electron chi connectivity index (χ1n) is 5.00. The van der Waals surface area contributed by atoms with Gasteiger partial charge in [-0.05, 0) is 42.8 Å². The van der Waals surface area contributed by atoms with Crippen molar-refractivity contribution < 1.29 is 13.6 Å². The molecule has 0 spiro atoms. The van der Waals surface area contributed by atoms with Gasteiger partial charge in [-0.15, -0.1) is 0 Å². The van der Waals surface area contributed by atoms with Crippen molar-refractivity contribution in [2.75, 3.05) is 0 Å². The average molecular weight is 233 g/mol. The first-order valence-corrected chi connectivity index (χ1v) is 5.00. The summed E-state index contributed by atoms with van der Waals surface area (Å²) in [6, 6.07) is 6.45. The normalized spacial score (nSPS) is 10.3. The molecule has 1 aromatic heterocycles. The number of carbonyl (C=O) groups is 1. The lowest BCUT2D eigenvalue weighted by Gasteiger charge is -2.02. The number of aromatic nitrogens is 1. The van der Waals surface area contributed by atoms with Gasteiger partial charge < -0.3 is 0 Å². The van der Waals surface area contributed by atoms with Crippen LogP contribution in [0.2, 0.25) is 0 Å². The Morgan fingerprint density at radius 2 is 1.88 bits per heavy atom. The number of hydrogen-bond donors (Lipinski definition) is 0. The van der Waals surface area contributed by atoms with Crippen molar-refractivity contribution in [1.29, 1.82) is 0 Å². The highest BCUT2D eigenvalue weighted by molar-refractivity contribution is 6.07. The fraction of sp³-hybridized carbons (Fsp3) is 0.0769. The van der Waals surface area contributed by atoms with Crippen LogP contribution < -0.4 is 0 Å². The minimum atomic E-state index is -0.517. The number of nitrogens with zero attached hydrogens (tertiary/aromatic N) is 1. The number of pyridine rings is 1. The van der Waals surface area contributed by atoms with Gasteiger partial charge in [0.05, 0.1) is 6.20 Å². The highest BCUT2D eigenvalue weighted by Crippen LogP contribution is 2.12. The number of hydrogen-bond acceptors (Lipinski definition) is 2. The first-order chi connectivity index (χ1) is 8.06. The van der Waals surface area contributed by atoms with Crippen LogP contribution in [0.3, 0.4) is 0 Å². The summed E-state index contributed by atoms with van der Waals surface area (Å²) in [6.45, 7) is 1.69. The fourth-order valence-electron chi connectivity index (χ4n) is 1.53. The maximum absolute atomic E-state index is 13.1. The van der Waals surface area contributed by atoms with E-state index in [1.165, 1.54) is 12.1 Å². The molecule has 4 heteroatoms. The molecular weight excluding hydrogens is 224 g/mol. The topological polar surface area (TPSA) is 30.0 Å². The van der Waals surface area contributed by atoms with Gasteiger partial charge in [0.15, 0.2) is 0 Å². The third-order valence-corrected chi connectivity index (χ3v) is 2.26. The molecule has 0 fully saturated rings. The van der Waals surface area contributed by atoms with Crippen molar-refractivity contribution in [1.82, 2.24) is 4.98 Å². The third kappa shape index (κ3) is 2.53. The van der Waals surface area contributed by atoms with Crippen molar-refractivity contribution >= 4 is 5.78 Å². The molecule has 17 heavy (non-hydrogen) atoms. The third-order valence-electron chi connectivity index (χ3n) is 2.26. The summed E-state index contributed by atoms with van der Waals surface area (Å²) in [7, 11) is 0. The molecule has 0 unspecified atom stereocenters. The van der Waals surface area contributed by atoms with E-state index in [9.17, 15) is 13.6 Å². The Hall–Kier alpha value is -2.10. The molecule has 1 aromatic carbocycles. The number of benzene rings is 1. The van der Waals surface area contributed by atoms with Crippen LogP contribution in [0.15, 0.2) is 36.5 Å². The smallest absolute Gasteiger partial charge is 0.211 e. The summed E-state index contributed by atoms with van der Waals surface area (Å²) >= 11 is 0. The van der Waals surface area contributed by atoms with Gasteiger partial charge in [0.1, 0.15) is 17.3 Å². The zero-order valence-electron chi connectivity index (χ0n) is 9.08. The Morgan fingerprint density at radius 1 is 1.12 bits per heavy atom. The van der Waals surface area contributed by atoms with Gasteiger partial charge in [0.25, 0.3) is 0 Å². The van der Waals surface area contributed by atoms with Crippen LogP contribution in [0.25, 0.3) is 0 Å². The quantitative estimate of drug-likeness (QED) is 0.746. The molecule has 2 aromatic rings. The number of halogens is 2. The van der Waals surface area contributed by atoms with E-state index in [4.69, 9.17) is 0 Å². The Kier molecular flexibility index (Phi) is 2.95. The number of rotatable bonds is 2. The SMILES string of the molecule is Cc1cc(F)cc(C(=O)c2ccc(F)cn2)c1. The molecule has 0 aliphatic rings. The van der Waals surface area contributed by atoms with Gasteiger partial charge >= 0.3 is 0 Å². The fourth-order valence-corrected chi connectivity index (χ4v) is 1.53. The van der Waals surface area contributed by atoms with Gasteiger partial charge in [-0.1, -0.05) is 0 Å². The largest absolute Gasteiger partial charge is 0.287 e. The predicted molar refractivity (Wildman–Crippen MR) is 58.8 cm³/mol. The lowest BCUT2D eigenvalue weighted by molar-refractivity contribution is 0.103. The second-order valence-corrected chi connectivity index (χ2v) is 3.71. The van der Waals surface area contributed by atoms with Crippen LogP contribution in [-0.2, 0) is 0 Å². The number of aryl methyl sites for hydroxylation is 1. The second kappa shape index (κ2) is 4.41. The lowest BCUT2D eigenvalue weighted by atomic mass is 10.1. The Labute approximate surface area is 96.9 Å². The molecule has 2 rings (SSSR count). The maximum atomic E-state index is 13.1. The Balaban J connectivity index is 2.40. The summed E-state index contributed by atoms with van der Waals surface area (Å²) in [5, 5.41) is 0. The van der Waals surface area contributed by atoms with E-state index >= 15 is 0 Å². The molecule has 1 heterocycles. The van der Waals surface area contributed by atoms with Gasteiger partial charge in [-0.25, -0.2) is 13.8 Å². The maximum Gasteiger partial charge on any atom is 0.211 e. The summed E-state index contributed by atoms with van der Waals surface area (Å²) in [6.07, 6.45) is 0.958. The van der Waals surface area contributed by atoms with E-state index in [0.717, 1.165) is 18.3 Å². The molecule has 0 radical (unpaired) electrons. The molecule has 0 saturated heterocycles. The molecule has 0 saturated carbocycles. The summed E-state index contributed by atoms with van der Waals surface area (Å²) < 4.78 is 25.8. The molecular formula is C13H9F2NO. The molecule has 0 aliphatic heterocycles. The van der Waals surface area contributed by atoms with Crippen molar-refractivity contribution in [3.8, 4) is 0 Å². The molecule has 2 nitrogen and oxygen atoms in total. The molecule has 86 valence electrons. The lowest BCUT2D eigenvalue weighted by Crippen LogP contribution is -2.05. The van der Waals surface area contributed by atoms with E-state index in [1.807, 2.05) is 0 Å². The van der Waals surface area contributed by atoms with Crippen molar-refractivity contribution in [3.05, 3.63) is 65.0 Å². The predicted octanol–water partition coefficient (Wildman–Crippen LogP) is 2.90. The van der Waals surface area contributed by atoms with Gasteiger partial charge in [0.2, 0.25) is 5.78 Å². The summed E-state index contributed by atoms with van der Waals surface area (Å²) in [5.74, 6) is -1.42. The monoisotopic (exact) mass is 233 g/mol. The van der Waals surface area contributed by atoms with E-state index in [-0.39, 0.29) is 11.3 Å². The zero-order valence-corrected chi connectivity index (χ0v) is 9.08. The Morgan fingerprint density at radius 3 is 2.47 bits per heavy atom. The van der Waals surface area contributed by atoms with Crippen LogP contribution in [-0.4, -0.2) is 10.8 Å². The van der Waals surface area contributed by atoms with Crippen molar-refractivity contribution in [2.45, 2.75) is 6.92 Å². The minimum Gasteiger partial charge on any atom is -0.287 e. The molecule has 0 aliphatic carbocycles. The van der Waals surface area contributed by atoms with E-state index in [2.05, 4.69) is 4.98 Å². The van der Waals surface area contributed by atoms with Gasteiger partial charge in [-0.3, -0.25) is 4.79 Å². The van der Waals surface area contributed by atoms with Gasteiger partial charge in [-0.2, -0.15) is 0 Å². The average Bonchev–Trinajstić information content (AvgIpc) is 2.28.